The van der Waals surface area contributed by atoms with E-state index in [1.165, 1.54) is 4.90 Å². The maximum atomic E-state index is 12.8. The minimum Gasteiger partial charge on any atom is -0.423 e. The lowest BCUT2D eigenvalue weighted by atomic mass is 10.0. The highest BCUT2D eigenvalue weighted by Gasteiger charge is 2.24. The molecule has 0 fully saturated rings. The number of benzene rings is 1. The predicted molar refractivity (Wildman–Crippen MR) is 90.9 cm³/mol. The van der Waals surface area contributed by atoms with Gasteiger partial charge in [0.1, 0.15) is 0 Å². The number of aryl methyl sites for hydroxylation is 1. The largest absolute Gasteiger partial charge is 0.423 e. The van der Waals surface area contributed by atoms with E-state index in [-0.39, 0.29) is 18.0 Å². The number of rotatable bonds is 5. The number of nitrogens with zero attached hydrogens (tertiary/aromatic N) is 4. The molecule has 1 atom stereocenters. The average Bonchev–Trinajstić information content (AvgIpc) is 3.08. The number of fused-ring (bicyclic) bond motifs is 1. The number of likely N-dealkylation sites (N-methyl/N-ethyl adjacent to an activating group) is 1. The molecular weight excluding hydrogens is 322 g/mol. The summed E-state index contributed by atoms with van der Waals surface area (Å²) in [7, 11) is 1.67. The van der Waals surface area contributed by atoms with Crippen molar-refractivity contribution in [3.8, 4) is 0 Å². The van der Waals surface area contributed by atoms with Crippen LogP contribution in [-0.4, -0.2) is 38.2 Å². The second-order valence-corrected chi connectivity index (χ2v) is 5.84. The van der Waals surface area contributed by atoms with E-state index in [0.29, 0.717) is 34.7 Å². The zero-order valence-electron chi connectivity index (χ0n) is 14.3. The highest BCUT2D eigenvalue weighted by Crippen LogP contribution is 2.22. The van der Waals surface area contributed by atoms with Crippen molar-refractivity contribution >= 4 is 16.7 Å². The molecule has 2 aromatic heterocycles. The predicted octanol–water partition coefficient (Wildman–Crippen LogP) is 1.63. The van der Waals surface area contributed by atoms with Crippen molar-refractivity contribution in [3.63, 3.8) is 0 Å². The van der Waals surface area contributed by atoms with Crippen LogP contribution in [0.25, 0.3) is 10.8 Å². The lowest BCUT2D eigenvalue weighted by Crippen LogP contribution is -2.31. The van der Waals surface area contributed by atoms with Crippen LogP contribution in [0.5, 0.6) is 0 Å². The van der Waals surface area contributed by atoms with E-state index in [0.717, 1.165) is 0 Å². The quantitative estimate of drug-likeness (QED) is 0.756. The Bertz CT molecular complexity index is 962. The third kappa shape index (κ3) is 3.28. The Hall–Kier alpha value is -3.03. The van der Waals surface area contributed by atoms with Crippen molar-refractivity contribution in [2.45, 2.75) is 32.7 Å². The lowest BCUT2D eigenvalue weighted by molar-refractivity contribution is -0.132. The van der Waals surface area contributed by atoms with E-state index < -0.39 is 5.92 Å². The summed E-state index contributed by atoms with van der Waals surface area (Å²) in [6, 6.07) is 7.10. The van der Waals surface area contributed by atoms with E-state index in [1.54, 1.807) is 32.2 Å². The molecule has 0 saturated carbocycles. The Balaban J connectivity index is 1.85. The minimum atomic E-state index is -0.527. The number of hydrogen-bond acceptors (Lipinski definition) is 6. The molecule has 1 aromatic carbocycles. The second-order valence-electron chi connectivity index (χ2n) is 5.84. The van der Waals surface area contributed by atoms with Crippen LogP contribution >= 0.6 is 0 Å². The molecule has 0 spiro atoms. The van der Waals surface area contributed by atoms with Crippen LogP contribution in [-0.2, 0) is 17.8 Å². The molecule has 0 saturated heterocycles. The number of carbonyl (C=O) groups excluding carboxylic acids is 1. The number of H-pyrrole nitrogens is 1. The van der Waals surface area contributed by atoms with E-state index in [9.17, 15) is 9.59 Å². The fourth-order valence-electron chi connectivity index (χ4n) is 2.69. The SMILES string of the molecule is CCc1nnc(CN(C)C(=O)[C@H](C)c2n[nH]c(=O)c3ccccc23)o1. The van der Waals surface area contributed by atoms with E-state index in [2.05, 4.69) is 20.4 Å². The molecule has 2 heterocycles. The van der Waals surface area contributed by atoms with Crippen molar-refractivity contribution < 1.29 is 9.21 Å². The van der Waals surface area contributed by atoms with Gasteiger partial charge in [0.15, 0.2) is 0 Å². The van der Waals surface area contributed by atoms with Gasteiger partial charge in [-0.05, 0) is 13.0 Å². The van der Waals surface area contributed by atoms with Gasteiger partial charge < -0.3 is 9.32 Å². The van der Waals surface area contributed by atoms with Gasteiger partial charge in [-0.1, -0.05) is 25.1 Å². The van der Waals surface area contributed by atoms with Gasteiger partial charge in [-0.25, -0.2) is 5.10 Å². The summed E-state index contributed by atoms with van der Waals surface area (Å²) in [4.78, 5) is 26.2. The Morgan fingerprint density at radius 3 is 2.60 bits per heavy atom. The molecule has 0 aliphatic rings. The molecular formula is C17H19N5O3. The van der Waals surface area contributed by atoms with Gasteiger partial charge in [-0.15, -0.1) is 10.2 Å². The van der Waals surface area contributed by atoms with Crippen molar-refractivity contribution in [2.24, 2.45) is 0 Å². The summed E-state index contributed by atoms with van der Waals surface area (Å²) < 4.78 is 5.45. The van der Waals surface area contributed by atoms with Crippen LogP contribution in [0.15, 0.2) is 33.5 Å². The molecule has 0 bridgehead atoms. The Morgan fingerprint density at radius 1 is 1.24 bits per heavy atom. The van der Waals surface area contributed by atoms with Crippen molar-refractivity contribution in [1.82, 2.24) is 25.3 Å². The topological polar surface area (TPSA) is 105 Å². The molecule has 0 aliphatic heterocycles. The Morgan fingerprint density at radius 2 is 1.92 bits per heavy atom. The molecule has 0 unspecified atom stereocenters. The lowest BCUT2D eigenvalue weighted by Gasteiger charge is -2.20. The fraction of sp³-hybridized carbons (Fsp3) is 0.353. The molecule has 3 aromatic rings. The normalized spacial score (nSPS) is 12.3. The molecule has 0 aliphatic carbocycles. The van der Waals surface area contributed by atoms with Gasteiger partial charge in [0.2, 0.25) is 17.7 Å². The highest BCUT2D eigenvalue weighted by atomic mass is 16.4. The highest BCUT2D eigenvalue weighted by molar-refractivity contribution is 5.90. The van der Waals surface area contributed by atoms with Gasteiger partial charge in [0, 0.05) is 18.9 Å². The zero-order chi connectivity index (χ0) is 18.0. The Labute approximate surface area is 143 Å². The first-order valence-electron chi connectivity index (χ1n) is 8.04. The van der Waals surface area contributed by atoms with Gasteiger partial charge in [0.05, 0.1) is 23.5 Å². The summed E-state index contributed by atoms with van der Waals surface area (Å²) >= 11 is 0. The van der Waals surface area contributed by atoms with Crippen LogP contribution < -0.4 is 5.56 Å². The van der Waals surface area contributed by atoms with Gasteiger partial charge >= 0.3 is 0 Å². The molecule has 3 rings (SSSR count). The first-order valence-corrected chi connectivity index (χ1v) is 8.04. The summed E-state index contributed by atoms with van der Waals surface area (Å²) in [6.07, 6.45) is 0.647. The standard InChI is InChI=1S/C17H19N5O3/c1-4-13-18-19-14(25-13)9-22(3)17(24)10(2)15-11-7-5-6-8-12(11)16(23)21-20-15/h5-8,10H,4,9H2,1-3H3,(H,21,23)/t10-/m1/s1. The molecule has 0 radical (unpaired) electrons. The molecule has 1 N–H and O–H groups in total. The molecule has 130 valence electrons. The smallest absolute Gasteiger partial charge is 0.272 e. The maximum Gasteiger partial charge on any atom is 0.272 e. The molecule has 8 nitrogen and oxygen atoms in total. The first kappa shape index (κ1) is 16.8. The number of aromatic nitrogens is 4. The summed E-state index contributed by atoms with van der Waals surface area (Å²) in [5, 5.41) is 15.6. The van der Waals surface area contributed by atoms with Crippen LogP contribution in [0.3, 0.4) is 0 Å². The average molecular weight is 341 g/mol. The van der Waals surface area contributed by atoms with Gasteiger partial charge in [0.25, 0.3) is 5.56 Å². The van der Waals surface area contributed by atoms with Gasteiger partial charge in [-0.3, -0.25) is 9.59 Å². The van der Waals surface area contributed by atoms with Crippen LogP contribution in [0.2, 0.25) is 0 Å². The van der Waals surface area contributed by atoms with Crippen molar-refractivity contribution in [3.05, 3.63) is 52.1 Å². The third-order valence-electron chi connectivity index (χ3n) is 4.07. The maximum absolute atomic E-state index is 12.8. The molecule has 8 heteroatoms. The fourth-order valence-corrected chi connectivity index (χ4v) is 2.69. The van der Waals surface area contributed by atoms with Crippen LogP contribution in [0.1, 0.15) is 37.2 Å². The Kier molecular flexibility index (Phi) is 4.60. The minimum absolute atomic E-state index is 0.152. The second kappa shape index (κ2) is 6.84. The third-order valence-corrected chi connectivity index (χ3v) is 4.07. The summed E-state index contributed by atoms with van der Waals surface area (Å²) in [6.45, 7) is 3.90. The van der Waals surface area contributed by atoms with Crippen molar-refractivity contribution in [1.29, 1.82) is 0 Å². The van der Waals surface area contributed by atoms with Crippen molar-refractivity contribution in [2.75, 3.05) is 7.05 Å². The monoisotopic (exact) mass is 341 g/mol. The van der Waals surface area contributed by atoms with Crippen LogP contribution in [0, 0.1) is 0 Å². The number of amides is 1. The molecule has 1 amide bonds. The van der Waals surface area contributed by atoms with E-state index in [4.69, 9.17) is 4.42 Å². The van der Waals surface area contributed by atoms with Gasteiger partial charge in [-0.2, -0.15) is 5.10 Å². The number of carbonyl (C=O) groups is 1. The van der Waals surface area contributed by atoms with E-state index >= 15 is 0 Å². The number of nitrogens with one attached hydrogen (secondary N) is 1. The molecule has 25 heavy (non-hydrogen) atoms. The number of hydrogen-bond donors (Lipinski definition) is 1. The zero-order valence-corrected chi connectivity index (χ0v) is 14.3. The van der Waals surface area contributed by atoms with Crippen LogP contribution in [0.4, 0.5) is 0 Å². The summed E-state index contributed by atoms with van der Waals surface area (Å²) in [5.74, 6) is 0.248. The van der Waals surface area contributed by atoms with E-state index in [1.807, 2.05) is 13.0 Å². The first-order chi connectivity index (χ1) is 12.0. The summed E-state index contributed by atoms with van der Waals surface area (Å²) in [5.41, 5.74) is 0.261. The number of aromatic amines is 1.